The van der Waals surface area contributed by atoms with E-state index >= 15 is 0 Å². The van der Waals surface area contributed by atoms with Crippen molar-refractivity contribution in [2.45, 2.75) is 44.8 Å². The second-order valence-corrected chi connectivity index (χ2v) is 5.14. The van der Waals surface area contributed by atoms with Gasteiger partial charge in [-0.25, -0.2) is 0 Å². The SMILES string of the molecule is CCCC(C)NCCSc1nnc(C)n1C. The molecule has 16 heavy (non-hydrogen) atoms. The molecule has 0 bridgehead atoms. The van der Waals surface area contributed by atoms with Gasteiger partial charge in [0.15, 0.2) is 5.16 Å². The number of thioether (sulfide) groups is 1. The highest BCUT2D eigenvalue weighted by molar-refractivity contribution is 7.99. The molecule has 0 radical (unpaired) electrons. The van der Waals surface area contributed by atoms with Crippen LogP contribution in [0, 0.1) is 6.92 Å². The predicted octanol–water partition coefficient (Wildman–Crippen LogP) is 1.99. The normalized spacial score (nSPS) is 13.0. The van der Waals surface area contributed by atoms with E-state index in [1.807, 2.05) is 18.5 Å². The summed E-state index contributed by atoms with van der Waals surface area (Å²) in [7, 11) is 2.00. The van der Waals surface area contributed by atoms with Crippen LogP contribution >= 0.6 is 11.8 Å². The number of hydrogen-bond donors (Lipinski definition) is 1. The van der Waals surface area contributed by atoms with Gasteiger partial charge >= 0.3 is 0 Å². The predicted molar refractivity (Wildman–Crippen MR) is 68.8 cm³/mol. The van der Waals surface area contributed by atoms with Crippen LogP contribution in [0.15, 0.2) is 5.16 Å². The van der Waals surface area contributed by atoms with Crippen LogP contribution in [0.3, 0.4) is 0 Å². The largest absolute Gasteiger partial charge is 0.313 e. The molecule has 0 saturated carbocycles. The monoisotopic (exact) mass is 242 g/mol. The Morgan fingerprint density at radius 1 is 1.44 bits per heavy atom. The summed E-state index contributed by atoms with van der Waals surface area (Å²) in [4.78, 5) is 0. The Bertz CT molecular complexity index is 311. The van der Waals surface area contributed by atoms with Gasteiger partial charge in [-0.1, -0.05) is 25.1 Å². The zero-order chi connectivity index (χ0) is 12.0. The Labute approximate surface area is 102 Å². The van der Waals surface area contributed by atoms with Gasteiger partial charge in [0, 0.05) is 25.4 Å². The van der Waals surface area contributed by atoms with Gasteiger partial charge in [0.2, 0.25) is 0 Å². The molecule has 1 N–H and O–H groups in total. The summed E-state index contributed by atoms with van der Waals surface area (Å²) in [6.07, 6.45) is 2.48. The summed E-state index contributed by atoms with van der Waals surface area (Å²) in [6, 6.07) is 0.617. The van der Waals surface area contributed by atoms with E-state index in [-0.39, 0.29) is 0 Å². The third-order valence-electron chi connectivity index (χ3n) is 2.60. The Hall–Kier alpha value is -0.550. The maximum Gasteiger partial charge on any atom is 0.190 e. The maximum absolute atomic E-state index is 4.12. The van der Waals surface area contributed by atoms with Crippen LogP contribution in [0.1, 0.15) is 32.5 Å². The molecule has 1 heterocycles. The van der Waals surface area contributed by atoms with Crippen LogP contribution < -0.4 is 5.32 Å². The number of hydrogen-bond acceptors (Lipinski definition) is 4. The van der Waals surface area contributed by atoms with Crippen LogP contribution in [0.5, 0.6) is 0 Å². The van der Waals surface area contributed by atoms with Crippen molar-refractivity contribution < 1.29 is 0 Å². The number of aromatic nitrogens is 3. The van der Waals surface area contributed by atoms with Crippen LogP contribution in [-0.4, -0.2) is 33.1 Å². The van der Waals surface area contributed by atoms with Crippen molar-refractivity contribution in [1.29, 1.82) is 0 Å². The van der Waals surface area contributed by atoms with Crippen molar-refractivity contribution in [3.8, 4) is 0 Å². The minimum Gasteiger partial charge on any atom is -0.313 e. The van der Waals surface area contributed by atoms with Crippen LogP contribution in [-0.2, 0) is 7.05 Å². The van der Waals surface area contributed by atoms with E-state index in [4.69, 9.17) is 0 Å². The van der Waals surface area contributed by atoms with E-state index in [9.17, 15) is 0 Å². The first kappa shape index (κ1) is 13.5. The van der Waals surface area contributed by atoms with E-state index in [1.54, 1.807) is 11.8 Å². The van der Waals surface area contributed by atoms with Gasteiger partial charge in [-0.3, -0.25) is 0 Å². The molecule has 0 aliphatic heterocycles. The van der Waals surface area contributed by atoms with E-state index in [2.05, 4.69) is 29.4 Å². The van der Waals surface area contributed by atoms with Crippen LogP contribution in [0.4, 0.5) is 0 Å². The molecule has 0 spiro atoms. The number of aryl methyl sites for hydroxylation is 1. The Morgan fingerprint density at radius 2 is 2.19 bits per heavy atom. The average molecular weight is 242 g/mol. The first-order valence-electron chi connectivity index (χ1n) is 5.87. The van der Waals surface area contributed by atoms with Crippen molar-refractivity contribution in [3.63, 3.8) is 0 Å². The molecule has 1 rings (SSSR count). The summed E-state index contributed by atoms with van der Waals surface area (Å²) >= 11 is 1.75. The number of nitrogens with one attached hydrogen (secondary N) is 1. The van der Waals surface area contributed by atoms with Crippen molar-refractivity contribution in [1.82, 2.24) is 20.1 Å². The Kier molecular flexibility index (Phi) is 5.84. The molecule has 1 aromatic rings. The molecule has 0 aliphatic rings. The fourth-order valence-electron chi connectivity index (χ4n) is 1.50. The molecule has 4 nitrogen and oxygen atoms in total. The minimum atomic E-state index is 0.617. The van der Waals surface area contributed by atoms with Crippen LogP contribution in [0.25, 0.3) is 0 Å². The lowest BCUT2D eigenvalue weighted by Crippen LogP contribution is -2.27. The zero-order valence-corrected chi connectivity index (χ0v) is 11.5. The molecule has 0 aromatic carbocycles. The molecule has 5 heteroatoms. The smallest absolute Gasteiger partial charge is 0.190 e. The lowest BCUT2D eigenvalue weighted by molar-refractivity contribution is 0.526. The van der Waals surface area contributed by atoms with Crippen molar-refractivity contribution >= 4 is 11.8 Å². The van der Waals surface area contributed by atoms with Crippen molar-refractivity contribution in [2.24, 2.45) is 7.05 Å². The molecule has 1 aromatic heterocycles. The van der Waals surface area contributed by atoms with Gasteiger partial charge < -0.3 is 9.88 Å². The standard InChI is InChI=1S/C11H22N4S/c1-5-6-9(2)12-7-8-16-11-14-13-10(3)15(11)4/h9,12H,5-8H2,1-4H3. The fraction of sp³-hybridized carbons (Fsp3) is 0.818. The topological polar surface area (TPSA) is 42.7 Å². The lowest BCUT2D eigenvalue weighted by Gasteiger charge is -2.11. The molecule has 0 amide bonds. The molecular weight excluding hydrogens is 220 g/mol. The summed E-state index contributed by atoms with van der Waals surface area (Å²) in [5.74, 6) is 2.01. The molecule has 0 aliphatic carbocycles. The number of rotatable bonds is 7. The summed E-state index contributed by atoms with van der Waals surface area (Å²) in [5, 5.41) is 12.7. The van der Waals surface area contributed by atoms with Crippen LogP contribution in [0.2, 0.25) is 0 Å². The molecular formula is C11H22N4S. The van der Waals surface area contributed by atoms with Gasteiger partial charge in [0.1, 0.15) is 5.82 Å². The van der Waals surface area contributed by atoms with Gasteiger partial charge in [0.25, 0.3) is 0 Å². The second-order valence-electron chi connectivity index (χ2n) is 4.08. The Morgan fingerprint density at radius 3 is 2.75 bits per heavy atom. The Balaban J connectivity index is 2.18. The zero-order valence-electron chi connectivity index (χ0n) is 10.7. The van der Waals surface area contributed by atoms with Gasteiger partial charge in [-0.15, -0.1) is 10.2 Å². The van der Waals surface area contributed by atoms with E-state index in [1.165, 1.54) is 12.8 Å². The second kappa shape index (κ2) is 6.91. The minimum absolute atomic E-state index is 0.617. The molecule has 92 valence electrons. The molecule has 1 atom stereocenters. The number of nitrogens with zero attached hydrogens (tertiary/aromatic N) is 3. The van der Waals surface area contributed by atoms with Gasteiger partial charge in [-0.2, -0.15) is 0 Å². The van der Waals surface area contributed by atoms with E-state index < -0.39 is 0 Å². The maximum atomic E-state index is 4.12. The quantitative estimate of drug-likeness (QED) is 0.586. The molecule has 1 unspecified atom stereocenters. The first-order valence-corrected chi connectivity index (χ1v) is 6.85. The average Bonchev–Trinajstić information content (AvgIpc) is 2.56. The summed E-state index contributed by atoms with van der Waals surface area (Å²) in [6.45, 7) is 7.45. The summed E-state index contributed by atoms with van der Waals surface area (Å²) < 4.78 is 2.03. The summed E-state index contributed by atoms with van der Waals surface area (Å²) in [5.41, 5.74) is 0. The third-order valence-corrected chi connectivity index (χ3v) is 3.62. The van der Waals surface area contributed by atoms with E-state index in [0.29, 0.717) is 6.04 Å². The van der Waals surface area contributed by atoms with Gasteiger partial charge in [-0.05, 0) is 20.3 Å². The first-order chi connectivity index (χ1) is 7.65. The third kappa shape index (κ3) is 4.14. The van der Waals surface area contributed by atoms with Crippen molar-refractivity contribution in [3.05, 3.63) is 5.82 Å². The van der Waals surface area contributed by atoms with Crippen molar-refractivity contribution in [2.75, 3.05) is 12.3 Å². The highest BCUT2D eigenvalue weighted by atomic mass is 32.2. The highest BCUT2D eigenvalue weighted by Gasteiger charge is 2.05. The lowest BCUT2D eigenvalue weighted by atomic mass is 10.2. The molecule has 0 fully saturated rings. The molecule has 0 saturated heterocycles. The highest BCUT2D eigenvalue weighted by Crippen LogP contribution is 2.14. The fourth-order valence-corrected chi connectivity index (χ4v) is 2.32. The van der Waals surface area contributed by atoms with Gasteiger partial charge in [0.05, 0.1) is 0 Å². The van der Waals surface area contributed by atoms with E-state index in [0.717, 1.165) is 23.3 Å².